The van der Waals surface area contributed by atoms with Crippen molar-refractivity contribution in [2.75, 3.05) is 6.16 Å². The second-order valence-electron chi connectivity index (χ2n) is 1.97. The topological polar surface area (TPSA) is 74.6 Å². The third-order valence-corrected chi connectivity index (χ3v) is 1.32. The summed E-state index contributed by atoms with van der Waals surface area (Å²) in [4.78, 5) is 17.6. The fraction of sp³-hybridized carbons (Fsp3) is 0.286. The highest BCUT2D eigenvalue weighted by Crippen LogP contribution is 2.10. The second-order valence-corrected chi connectivity index (χ2v) is 3.17. The number of hydrogen-bond acceptors (Lipinski definition) is 2. The predicted octanol–water partition coefficient (Wildman–Crippen LogP) is 1.29. The van der Waals surface area contributed by atoms with Crippen molar-refractivity contribution in [2.45, 2.75) is 6.92 Å². The molecule has 2 N–H and O–H groups in total. The zero-order chi connectivity index (χ0) is 10.1. The maximum Gasteiger partial charge on any atom is 0.330 e. The average Bonchev–Trinajstić information content (AvgIpc) is 1.87. The molecule has 0 rings (SSSR count). The Kier molecular flexibility index (Phi) is 9.41. The summed E-state index contributed by atoms with van der Waals surface area (Å²) in [7, 11) is -2.25. The first-order valence-corrected chi connectivity index (χ1v) is 4.69. The molecule has 0 aromatic heterocycles. The van der Waals surface area contributed by atoms with Crippen LogP contribution >= 0.6 is 8.03 Å². The van der Waals surface area contributed by atoms with Gasteiger partial charge in [0.1, 0.15) is 0 Å². The molecule has 12 heavy (non-hydrogen) atoms. The van der Waals surface area contributed by atoms with Crippen LogP contribution in [0.4, 0.5) is 0 Å². The van der Waals surface area contributed by atoms with Crippen molar-refractivity contribution in [3.05, 3.63) is 24.8 Å². The summed E-state index contributed by atoms with van der Waals surface area (Å²) >= 11 is 0. The van der Waals surface area contributed by atoms with E-state index in [9.17, 15) is 9.36 Å². The number of hydrogen-bond donors (Lipinski definition) is 2. The number of rotatable bonds is 3. The Labute approximate surface area is 72.1 Å². The Morgan fingerprint density at radius 3 is 2.00 bits per heavy atom. The first-order valence-electron chi connectivity index (χ1n) is 3.13. The van der Waals surface area contributed by atoms with Crippen LogP contribution in [0, 0.1) is 0 Å². The normalized spacial score (nSPS) is 10.5. The van der Waals surface area contributed by atoms with E-state index in [0.717, 1.165) is 0 Å². The van der Waals surface area contributed by atoms with Crippen molar-refractivity contribution in [2.24, 2.45) is 0 Å². The largest absolute Gasteiger partial charge is 0.478 e. The van der Waals surface area contributed by atoms with Gasteiger partial charge in [0, 0.05) is 11.7 Å². The zero-order valence-electron chi connectivity index (χ0n) is 6.91. The monoisotopic (exact) mass is 192 g/mol. The average molecular weight is 192 g/mol. The Morgan fingerprint density at radius 2 is 2.00 bits per heavy atom. The lowest BCUT2D eigenvalue weighted by Crippen LogP contribution is -1.92. The van der Waals surface area contributed by atoms with Crippen LogP contribution in [-0.4, -0.2) is 22.1 Å². The Hall–Kier alpha value is -0.860. The molecule has 0 bridgehead atoms. The molecule has 0 aliphatic rings. The quantitative estimate of drug-likeness (QED) is 0.401. The van der Waals surface area contributed by atoms with Gasteiger partial charge in [-0.3, -0.25) is 4.57 Å². The van der Waals surface area contributed by atoms with Gasteiger partial charge < -0.3 is 10.00 Å². The van der Waals surface area contributed by atoms with Crippen molar-refractivity contribution in [1.29, 1.82) is 0 Å². The summed E-state index contributed by atoms with van der Waals surface area (Å²) < 4.78 is 9.71. The molecule has 0 aromatic carbocycles. The van der Waals surface area contributed by atoms with Crippen LogP contribution in [0.1, 0.15) is 6.92 Å². The van der Waals surface area contributed by atoms with E-state index in [1.807, 2.05) is 0 Å². The van der Waals surface area contributed by atoms with Gasteiger partial charge in [-0.1, -0.05) is 12.7 Å². The number of allylic oxidation sites excluding steroid dienone is 1. The van der Waals surface area contributed by atoms with Crippen LogP contribution in [0.3, 0.4) is 0 Å². The Balaban J connectivity index is 0. The highest BCUT2D eigenvalue weighted by molar-refractivity contribution is 7.38. The summed E-state index contributed by atoms with van der Waals surface area (Å²) in [5.74, 6) is -0.935. The fourth-order valence-electron chi connectivity index (χ4n) is 0.123. The molecular formula is C7H13O4P. The molecule has 1 atom stereocenters. The smallest absolute Gasteiger partial charge is 0.330 e. The zero-order valence-corrected chi connectivity index (χ0v) is 7.91. The fourth-order valence-corrected chi connectivity index (χ4v) is 0.370. The summed E-state index contributed by atoms with van der Waals surface area (Å²) in [6.45, 7) is 7.87. The van der Waals surface area contributed by atoms with E-state index in [1.165, 1.54) is 13.0 Å². The molecule has 0 aliphatic heterocycles. The van der Waals surface area contributed by atoms with Crippen molar-refractivity contribution in [3.63, 3.8) is 0 Å². The molecule has 1 unspecified atom stereocenters. The number of carboxylic acid groups (broad SMARTS) is 1. The van der Waals surface area contributed by atoms with E-state index in [1.54, 1.807) is 0 Å². The lowest BCUT2D eigenvalue weighted by atomic mass is 10.4. The van der Waals surface area contributed by atoms with E-state index >= 15 is 0 Å². The maximum atomic E-state index is 9.71. The standard InChI is InChI=1S/C4H6O2.C3H7O2P/c1-3(2)4(5)6;1-2-3-6(4)5/h1H2,2H3,(H,5,6);2,6H,1,3H2,(H,4,5). The van der Waals surface area contributed by atoms with Crippen molar-refractivity contribution >= 4 is 14.0 Å². The minimum absolute atomic E-state index is 0.176. The van der Waals surface area contributed by atoms with Gasteiger partial charge in [-0.05, 0) is 6.92 Å². The van der Waals surface area contributed by atoms with Crippen LogP contribution in [0.2, 0.25) is 0 Å². The van der Waals surface area contributed by atoms with Crippen molar-refractivity contribution in [3.8, 4) is 0 Å². The van der Waals surface area contributed by atoms with Gasteiger partial charge in [-0.2, -0.15) is 0 Å². The molecule has 0 radical (unpaired) electrons. The predicted molar refractivity (Wildman–Crippen MR) is 48.7 cm³/mol. The summed E-state index contributed by atoms with van der Waals surface area (Å²) in [6, 6.07) is 0. The van der Waals surface area contributed by atoms with Gasteiger partial charge in [-0.25, -0.2) is 4.79 Å². The van der Waals surface area contributed by atoms with Gasteiger partial charge in [-0.15, -0.1) is 6.58 Å². The molecule has 0 saturated carbocycles. The van der Waals surface area contributed by atoms with Crippen LogP contribution in [-0.2, 0) is 9.36 Å². The molecular weight excluding hydrogens is 179 g/mol. The molecule has 0 fully saturated rings. The molecule has 4 nitrogen and oxygen atoms in total. The Bertz CT molecular complexity index is 186. The molecule has 5 heteroatoms. The lowest BCUT2D eigenvalue weighted by Gasteiger charge is -1.79. The highest BCUT2D eigenvalue weighted by atomic mass is 31.1. The third-order valence-electron chi connectivity index (χ3n) is 0.684. The molecule has 0 heterocycles. The minimum Gasteiger partial charge on any atom is -0.478 e. The van der Waals surface area contributed by atoms with Gasteiger partial charge in [0.2, 0.25) is 0 Å². The highest BCUT2D eigenvalue weighted by Gasteiger charge is 1.90. The minimum atomic E-state index is -2.25. The Morgan fingerprint density at radius 1 is 1.67 bits per heavy atom. The molecule has 0 saturated heterocycles. The van der Waals surface area contributed by atoms with E-state index in [-0.39, 0.29) is 11.7 Å². The third kappa shape index (κ3) is 16.1. The van der Waals surface area contributed by atoms with E-state index < -0.39 is 14.0 Å². The van der Waals surface area contributed by atoms with Gasteiger partial charge in [0.25, 0.3) is 0 Å². The maximum absolute atomic E-state index is 9.71. The second kappa shape index (κ2) is 8.24. The van der Waals surface area contributed by atoms with Crippen LogP contribution in [0.5, 0.6) is 0 Å². The molecule has 0 amide bonds. The molecule has 0 aliphatic carbocycles. The van der Waals surface area contributed by atoms with E-state index in [2.05, 4.69) is 13.2 Å². The van der Waals surface area contributed by atoms with Gasteiger partial charge >= 0.3 is 5.97 Å². The number of carboxylic acids is 1. The van der Waals surface area contributed by atoms with Gasteiger partial charge in [0.15, 0.2) is 8.03 Å². The van der Waals surface area contributed by atoms with E-state index in [0.29, 0.717) is 0 Å². The first-order chi connectivity index (χ1) is 5.41. The van der Waals surface area contributed by atoms with Crippen molar-refractivity contribution in [1.82, 2.24) is 0 Å². The molecule has 70 valence electrons. The van der Waals surface area contributed by atoms with Crippen molar-refractivity contribution < 1.29 is 19.4 Å². The van der Waals surface area contributed by atoms with Crippen LogP contribution in [0.15, 0.2) is 24.8 Å². The van der Waals surface area contributed by atoms with E-state index in [4.69, 9.17) is 10.00 Å². The molecule has 0 spiro atoms. The lowest BCUT2D eigenvalue weighted by molar-refractivity contribution is -0.132. The summed E-state index contributed by atoms with van der Waals surface area (Å²) in [5.41, 5.74) is 0.176. The van der Waals surface area contributed by atoms with Gasteiger partial charge in [0.05, 0.1) is 0 Å². The summed E-state index contributed by atoms with van der Waals surface area (Å²) in [6.07, 6.45) is 1.67. The molecule has 0 aromatic rings. The number of carbonyl (C=O) groups is 1. The first kappa shape index (κ1) is 13.7. The van der Waals surface area contributed by atoms with Crippen LogP contribution in [0.25, 0.3) is 0 Å². The van der Waals surface area contributed by atoms with Crippen LogP contribution < -0.4 is 0 Å². The summed E-state index contributed by atoms with van der Waals surface area (Å²) in [5, 5.41) is 7.89. The SMILES string of the molecule is C=C(C)C(=O)O.C=CC[PH](=O)O. The number of aliphatic carboxylic acids is 1.